The zero-order chi connectivity index (χ0) is 23.0. The van der Waals surface area contributed by atoms with E-state index in [0.29, 0.717) is 43.8 Å². The fraction of sp³-hybridized carbons (Fsp3) is 0.450. The van der Waals surface area contributed by atoms with Crippen molar-refractivity contribution in [2.45, 2.75) is 42.0 Å². The van der Waals surface area contributed by atoms with Gasteiger partial charge in [0.25, 0.3) is 10.0 Å². The fourth-order valence-corrected chi connectivity index (χ4v) is 7.09. The van der Waals surface area contributed by atoms with Gasteiger partial charge in [-0.05, 0) is 49.3 Å². The summed E-state index contributed by atoms with van der Waals surface area (Å²) in [6, 6.07) is 5.05. The number of likely N-dealkylation sites (tertiary alicyclic amines) is 2. The van der Waals surface area contributed by atoms with Gasteiger partial charge in [0.1, 0.15) is 16.3 Å². The number of fused-ring (bicyclic) bond motifs is 1. The number of amides is 3. The summed E-state index contributed by atoms with van der Waals surface area (Å²) < 4.78 is 29.2. The first-order chi connectivity index (χ1) is 15.2. The molecule has 2 saturated heterocycles. The molecule has 0 saturated carbocycles. The minimum absolute atomic E-state index is 0.0946. The second kappa shape index (κ2) is 8.97. The third-order valence-electron chi connectivity index (χ3n) is 5.78. The highest BCUT2D eigenvalue weighted by atomic mass is 35.5. The summed E-state index contributed by atoms with van der Waals surface area (Å²) in [5.74, 6) is -1.37. The number of halogens is 1. The molecule has 0 bridgehead atoms. The molecule has 172 valence electrons. The first-order valence-corrected chi connectivity index (χ1v) is 12.9. The van der Waals surface area contributed by atoms with Crippen LogP contribution >= 0.6 is 22.9 Å². The van der Waals surface area contributed by atoms with Gasteiger partial charge in [-0.25, -0.2) is 8.42 Å². The average Bonchev–Trinajstić information content (AvgIpc) is 3.38. The van der Waals surface area contributed by atoms with Crippen LogP contribution in [0.1, 0.15) is 25.7 Å². The van der Waals surface area contributed by atoms with E-state index in [-0.39, 0.29) is 16.7 Å². The van der Waals surface area contributed by atoms with Crippen LogP contribution in [0.4, 0.5) is 0 Å². The van der Waals surface area contributed by atoms with Gasteiger partial charge in [0.2, 0.25) is 17.7 Å². The Hall–Kier alpha value is -2.21. The maximum Gasteiger partial charge on any atom is 0.250 e. The smallest absolute Gasteiger partial charge is 0.250 e. The second-order valence-electron chi connectivity index (χ2n) is 7.97. The Kier molecular flexibility index (Phi) is 6.44. The molecule has 4 rings (SSSR count). The molecular weight excluding hydrogens is 476 g/mol. The summed E-state index contributed by atoms with van der Waals surface area (Å²) in [6.45, 7) is 0.558. The molecule has 0 unspecified atom stereocenters. The molecule has 9 nitrogen and oxygen atoms in total. The van der Waals surface area contributed by atoms with Gasteiger partial charge in [0, 0.05) is 22.8 Å². The van der Waals surface area contributed by atoms with Crippen LogP contribution in [0.25, 0.3) is 10.1 Å². The Bertz CT molecular complexity index is 1180. The van der Waals surface area contributed by atoms with Crippen LogP contribution in [0.15, 0.2) is 28.5 Å². The predicted molar refractivity (Wildman–Crippen MR) is 121 cm³/mol. The number of sulfonamides is 1. The number of piperidine rings is 1. The number of hydrogen-bond donors (Lipinski definition) is 2. The molecule has 0 aliphatic carbocycles. The first-order valence-electron chi connectivity index (χ1n) is 10.2. The topological polar surface area (TPSA) is 130 Å². The van der Waals surface area contributed by atoms with Crippen molar-refractivity contribution in [3.8, 4) is 0 Å². The standard InChI is InChI=1S/C20H23ClN4O5S2/c21-13-6-5-12-9-18(31-16(12)10-13)32(29,30)23-14-3-1-7-24(20(14)28)11-17(26)25-8-2-4-15(25)19(22)27/h5-6,9-10,14-15,23H,1-4,7-8,11H2,(H2,22,27)/t14-,15+/m0/s1. The molecule has 2 aliphatic rings. The van der Waals surface area contributed by atoms with Gasteiger partial charge in [-0.15, -0.1) is 11.3 Å². The molecule has 2 atom stereocenters. The largest absolute Gasteiger partial charge is 0.368 e. The summed E-state index contributed by atoms with van der Waals surface area (Å²) in [5, 5.41) is 1.26. The van der Waals surface area contributed by atoms with E-state index in [0.717, 1.165) is 21.4 Å². The molecule has 2 fully saturated rings. The highest BCUT2D eigenvalue weighted by Gasteiger charge is 2.37. The number of hydrogen-bond acceptors (Lipinski definition) is 6. The van der Waals surface area contributed by atoms with Crippen LogP contribution in [0.5, 0.6) is 0 Å². The molecule has 3 amide bonds. The van der Waals surface area contributed by atoms with Crippen molar-refractivity contribution in [3.05, 3.63) is 29.3 Å². The number of carbonyl (C=O) groups excluding carboxylic acids is 3. The van der Waals surface area contributed by atoms with Gasteiger partial charge in [-0.2, -0.15) is 4.72 Å². The Labute approximate surface area is 194 Å². The van der Waals surface area contributed by atoms with Crippen molar-refractivity contribution in [3.63, 3.8) is 0 Å². The summed E-state index contributed by atoms with van der Waals surface area (Å²) >= 11 is 7.06. The van der Waals surface area contributed by atoms with E-state index in [4.69, 9.17) is 17.3 Å². The van der Waals surface area contributed by atoms with Gasteiger partial charge >= 0.3 is 0 Å². The zero-order valence-corrected chi connectivity index (χ0v) is 19.5. The normalized spacial score (nSPS) is 22.0. The molecular formula is C20H23ClN4O5S2. The van der Waals surface area contributed by atoms with Crippen molar-refractivity contribution in [2.24, 2.45) is 5.73 Å². The number of carbonyl (C=O) groups is 3. The van der Waals surface area contributed by atoms with E-state index in [1.54, 1.807) is 24.3 Å². The number of nitrogens with two attached hydrogens (primary N) is 1. The zero-order valence-electron chi connectivity index (χ0n) is 17.1. The van der Waals surface area contributed by atoms with Crippen molar-refractivity contribution < 1.29 is 22.8 Å². The second-order valence-corrected chi connectivity index (χ2v) is 11.4. The Balaban J connectivity index is 1.45. The molecule has 3 N–H and O–H groups in total. The Morgan fingerprint density at radius 2 is 1.94 bits per heavy atom. The summed E-state index contributed by atoms with van der Waals surface area (Å²) in [6.07, 6.45) is 2.08. The minimum atomic E-state index is -3.93. The lowest BCUT2D eigenvalue weighted by Crippen LogP contribution is -2.55. The quantitative estimate of drug-likeness (QED) is 0.620. The number of thiophene rings is 1. The molecule has 0 radical (unpaired) electrons. The average molecular weight is 499 g/mol. The van der Waals surface area contributed by atoms with Crippen molar-refractivity contribution >= 4 is 60.8 Å². The van der Waals surface area contributed by atoms with E-state index < -0.39 is 33.9 Å². The van der Waals surface area contributed by atoms with Crippen LogP contribution in [-0.2, 0) is 24.4 Å². The van der Waals surface area contributed by atoms with Crippen LogP contribution < -0.4 is 10.5 Å². The molecule has 1 aromatic heterocycles. The van der Waals surface area contributed by atoms with E-state index >= 15 is 0 Å². The van der Waals surface area contributed by atoms with Crippen LogP contribution in [0.3, 0.4) is 0 Å². The number of rotatable bonds is 6. The van der Waals surface area contributed by atoms with E-state index in [1.807, 2.05) is 0 Å². The maximum absolute atomic E-state index is 12.9. The van der Waals surface area contributed by atoms with E-state index in [9.17, 15) is 22.8 Å². The number of nitrogens with one attached hydrogen (secondary N) is 1. The number of nitrogens with zero attached hydrogens (tertiary/aromatic N) is 2. The Morgan fingerprint density at radius 1 is 1.19 bits per heavy atom. The molecule has 3 heterocycles. The lowest BCUT2D eigenvalue weighted by molar-refractivity contribution is -0.144. The summed E-state index contributed by atoms with van der Waals surface area (Å²) in [7, 11) is -3.93. The number of primary amides is 1. The molecule has 2 aromatic rings. The van der Waals surface area contributed by atoms with Crippen molar-refractivity contribution in [2.75, 3.05) is 19.6 Å². The molecule has 1 aromatic carbocycles. The van der Waals surface area contributed by atoms with Crippen molar-refractivity contribution in [1.29, 1.82) is 0 Å². The van der Waals surface area contributed by atoms with Gasteiger partial charge < -0.3 is 15.5 Å². The molecule has 12 heteroatoms. The number of benzene rings is 1. The van der Waals surface area contributed by atoms with E-state index in [1.165, 1.54) is 9.80 Å². The summed E-state index contributed by atoms with van der Waals surface area (Å²) in [5.41, 5.74) is 5.37. The summed E-state index contributed by atoms with van der Waals surface area (Å²) in [4.78, 5) is 40.0. The lowest BCUT2D eigenvalue weighted by Gasteiger charge is -2.33. The SMILES string of the molecule is NC(=O)[C@H]1CCCN1C(=O)CN1CCC[C@H](NS(=O)(=O)c2cc3ccc(Cl)cc3s2)C1=O. The van der Waals surface area contributed by atoms with Gasteiger partial charge in [-0.3, -0.25) is 14.4 Å². The third-order valence-corrected chi connectivity index (χ3v) is 9.06. The van der Waals surface area contributed by atoms with Crippen LogP contribution in [-0.4, -0.2) is 67.7 Å². The molecule has 0 spiro atoms. The van der Waals surface area contributed by atoms with Gasteiger partial charge in [0.15, 0.2) is 0 Å². The van der Waals surface area contributed by atoms with Crippen LogP contribution in [0, 0.1) is 0 Å². The minimum Gasteiger partial charge on any atom is -0.368 e. The third kappa shape index (κ3) is 4.61. The lowest BCUT2D eigenvalue weighted by atomic mass is 10.1. The highest BCUT2D eigenvalue weighted by molar-refractivity contribution is 7.91. The predicted octanol–water partition coefficient (Wildman–Crippen LogP) is 1.30. The van der Waals surface area contributed by atoms with Crippen LogP contribution in [0.2, 0.25) is 5.02 Å². The van der Waals surface area contributed by atoms with E-state index in [2.05, 4.69) is 4.72 Å². The Morgan fingerprint density at radius 3 is 2.69 bits per heavy atom. The fourth-order valence-electron chi connectivity index (χ4n) is 4.18. The highest BCUT2D eigenvalue weighted by Crippen LogP contribution is 2.31. The van der Waals surface area contributed by atoms with Gasteiger partial charge in [0.05, 0.1) is 6.54 Å². The monoisotopic (exact) mass is 498 g/mol. The first kappa shape index (κ1) is 23.0. The maximum atomic E-state index is 12.9. The van der Waals surface area contributed by atoms with Crippen molar-refractivity contribution in [1.82, 2.24) is 14.5 Å². The van der Waals surface area contributed by atoms with Gasteiger partial charge in [-0.1, -0.05) is 17.7 Å². The molecule has 32 heavy (non-hydrogen) atoms. The molecule has 2 aliphatic heterocycles.